The number of anilines is 1. The zero-order valence-electron chi connectivity index (χ0n) is 16.0. The number of ether oxygens (including phenoxy) is 1. The van der Waals surface area contributed by atoms with E-state index in [9.17, 15) is 9.59 Å². The van der Waals surface area contributed by atoms with E-state index in [0.29, 0.717) is 16.3 Å². The fourth-order valence-corrected chi connectivity index (χ4v) is 3.34. The van der Waals surface area contributed by atoms with Gasteiger partial charge in [0.2, 0.25) is 0 Å². The molecule has 2 aromatic carbocycles. The summed E-state index contributed by atoms with van der Waals surface area (Å²) < 4.78 is 7.09. The maximum Gasteiger partial charge on any atom is 0.338 e. The minimum Gasteiger partial charge on any atom is -0.452 e. The summed E-state index contributed by atoms with van der Waals surface area (Å²) in [6.07, 6.45) is 3.80. The van der Waals surface area contributed by atoms with E-state index in [1.54, 1.807) is 18.2 Å². The average Bonchev–Trinajstić information content (AvgIpc) is 3.17. The zero-order valence-corrected chi connectivity index (χ0v) is 16.7. The summed E-state index contributed by atoms with van der Waals surface area (Å²) >= 11 is 6.19. The molecule has 0 aliphatic rings. The molecule has 0 saturated carbocycles. The van der Waals surface area contributed by atoms with Crippen LogP contribution in [0.5, 0.6) is 0 Å². The third-order valence-corrected chi connectivity index (χ3v) is 4.66. The van der Waals surface area contributed by atoms with E-state index in [1.165, 1.54) is 0 Å². The number of rotatable bonds is 5. The van der Waals surface area contributed by atoms with Gasteiger partial charge >= 0.3 is 5.97 Å². The summed E-state index contributed by atoms with van der Waals surface area (Å²) in [6, 6.07) is 12.8. The lowest BCUT2D eigenvalue weighted by Gasteiger charge is -2.12. The van der Waals surface area contributed by atoms with Gasteiger partial charge in [0.15, 0.2) is 6.61 Å². The first-order valence-corrected chi connectivity index (χ1v) is 9.20. The second-order valence-electron chi connectivity index (χ2n) is 6.65. The molecule has 28 heavy (non-hydrogen) atoms. The largest absolute Gasteiger partial charge is 0.452 e. The molecule has 3 rings (SSSR count). The lowest BCUT2D eigenvalue weighted by Crippen LogP contribution is -2.21. The van der Waals surface area contributed by atoms with Gasteiger partial charge in [0.05, 0.1) is 16.3 Å². The average molecular weight is 397 g/mol. The number of hydrogen-bond donors (Lipinski definition) is 1. The lowest BCUT2D eigenvalue weighted by molar-refractivity contribution is -0.119. The van der Waals surface area contributed by atoms with Gasteiger partial charge in [-0.3, -0.25) is 4.79 Å². The van der Waals surface area contributed by atoms with Crippen LogP contribution in [0, 0.1) is 20.8 Å². The van der Waals surface area contributed by atoms with Gasteiger partial charge in [0.25, 0.3) is 5.91 Å². The highest BCUT2D eigenvalue weighted by Gasteiger charge is 2.14. The first-order chi connectivity index (χ1) is 13.3. The first kappa shape index (κ1) is 19.7. The quantitative estimate of drug-likeness (QED) is 0.627. The number of carbonyl (C=O) groups is 2. The molecule has 1 N–H and O–H groups in total. The molecule has 0 aliphatic heterocycles. The van der Waals surface area contributed by atoms with Crippen LogP contribution >= 0.6 is 11.6 Å². The van der Waals surface area contributed by atoms with E-state index in [-0.39, 0.29) is 0 Å². The number of amides is 1. The molecule has 1 heterocycles. The molecule has 144 valence electrons. The molecule has 5 nitrogen and oxygen atoms in total. The van der Waals surface area contributed by atoms with E-state index in [1.807, 2.05) is 62.0 Å². The Morgan fingerprint density at radius 1 is 1.04 bits per heavy atom. The second kappa shape index (κ2) is 8.31. The van der Waals surface area contributed by atoms with Gasteiger partial charge in [0.1, 0.15) is 0 Å². The van der Waals surface area contributed by atoms with Gasteiger partial charge in [-0.2, -0.15) is 0 Å². The van der Waals surface area contributed by atoms with Crippen LogP contribution in [0.15, 0.2) is 54.9 Å². The van der Waals surface area contributed by atoms with Crippen molar-refractivity contribution in [1.29, 1.82) is 0 Å². The molecule has 0 atom stereocenters. The van der Waals surface area contributed by atoms with Crippen LogP contribution in [-0.2, 0) is 9.53 Å². The SMILES string of the molecule is Cc1cc(C)c(NC(=O)COC(=O)c2ccc(C)c(-n3cccc3)c2)c(Cl)c1. The van der Waals surface area contributed by atoms with Crippen molar-refractivity contribution in [2.75, 3.05) is 11.9 Å². The van der Waals surface area contributed by atoms with Gasteiger partial charge in [-0.15, -0.1) is 0 Å². The minimum atomic E-state index is -0.560. The molecular formula is C22H21ClN2O3. The summed E-state index contributed by atoms with van der Waals surface area (Å²) in [5.74, 6) is -1.00. The number of benzene rings is 2. The Bertz CT molecular complexity index is 1000. The number of nitrogens with one attached hydrogen (secondary N) is 1. The topological polar surface area (TPSA) is 60.3 Å². The zero-order chi connectivity index (χ0) is 20.3. The molecule has 0 unspecified atom stereocenters. The van der Waals surface area contributed by atoms with Crippen molar-refractivity contribution in [1.82, 2.24) is 4.57 Å². The smallest absolute Gasteiger partial charge is 0.338 e. The van der Waals surface area contributed by atoms with Crippen molar-refractivity contribution in [3.05, 3.63) is 82.1 Å². The maximum atomic E-state index is 12.4. The van der Waals surface area contributed by atoms with Gasteiger partial charge in [-0.1, -0.05) is 23.7 Å². The Kier molecular flexibility index (Phi) is 5.85. The Morgan fingerprint density at radius 3 is 2.43 bits per heavy atom. The van der Waals surface area contributed by atoms with E-state index in [2.05, 4.69) is 5.32 Å². The van der Waals surface area contributed by atoms with E-state index in [4.69, 9.17) is 16.3 Å². The maximum absolute atomic E-state index is 12.4. The molecule has 0 aliphatic carbocycles. The number of hydrogen-bond acceptors (Lipinski definition) is 3. The van der Waals surface area contributed by atoms with Gasteiger partial charge in [0, 0.05) is 18.1 Å². The molecule has 0 radical (unpaired) electrons. The number of halogens is 1. The molecular weight excluding hydrogens is 376 g/mol. The van der Waals surface area contributed by atoms with Crippen molar-refractivity contribution in [2.24, 2.45) is 0 Å². The van der Waals surface area contributed by atoms with Crippen LogP contribution in [0.2, 0.25) is 5.02 Å². The predicted octanol–water partition coefficient (Wildman–Crippen LogP) is 4.85. The summed E-state index contributed by atoms with van der Waals surface area (Å²) in [4.78, 5) is 24.6. The molecule has 0 fully saturated rings. The summed E-state index contributed by atoms with van der Waals surface area (Å²) in [5.41, 5.74) is 4.66. The van der Waals surface area contributed by atoms with Gasteiger partial charge in [-0.25, -0.2) is 4.79 Å². The Balaban J connectivity index is 1.66. The van der Waals surface area contributed by atoms with Gasteiger partial charge in [-0.05, 0) is 67.8 Å². The van der Waals surface area contributed by atoms with Crippen molar-refractivity contribution >= 4 is 29.2 Å². The molecule has 3 aromatic rings. The van der Waals surface area contributed by atoms with Crippen LogP contribution in [0.3, 0.4) is 0 Å². The summed E-state index contributed by atoms with van der Waals surface area (Å²) in [6.45, 7) is 5.35. The molecule has 6 heteroatoms. The van der Waals surface area contributed by atoms with Crippen LogP contribution in [0.1, 0.15) is 27.0 Å². The molecule has 1 amide bonds. The summed E-state index contributed by atoms with van der Waals surface area (Å²) in [5, 5.41) is 3.15. The lowest BCUT2D eigenvalue weighted by atomic mass is 10.1. The highest BCUT2D eigenvalue weighted by Crippen LogP contribution is 2.27. The van der Waals surface area contributed by atoms with E-state index in [0.717, 1.165) is 22.4 Å². The number of nitrogens with zero attached hydrogens (tertiary/aromatic N) is 1. The van der Waals surface area contributed by atoms with Crippen molar-refractivity contribution in [2.45, 2.75) is 20.8 Å². The number of aromatic nitrogens is 1. The fraction of sp³-hybridized carbons (Fsp3) is 0.182. The highest BCUT2D eigenvalue weighted by atomic mass is 35.5. The Morgan fingerprint density at radius 2 is 1.75 bits per heavy atom. The normalized spacial score (nSPS) is 10.6. The molecule has 1 aromatic heterocycles. The van der Waals surface area contributed by atoms with Crippen molar-refractivity contribution in [3.63, 3.8) is 0 Å². The van der Waals surface area contributed by atoms with Crippen LogP contribution in [0.4, 0.5) is 5.69 Å². The minimum absolute atomic E-state index is 0.381. The first-order valence-electron chi connectivity index (χ1n) is 8.83. The fourth-order valence-electron chi connectivity index (χ4n) is 2.97. The van der Waals surface area contributed by atoms with Gasteiger partial charge < -0.3 is 14.6 Å². The summed E-state index contributed by atoms with van der Waals surface area (Å²) in [7, 11) is 0. The number of carbonyl (C=O) groups excluding carboxylic acids is 2. The number of aryl methyl sites for hydroxylation is 3. The molecule has 0 spiro atoms. The molecule has 0 saturated heterocycles. The van der Waals surface area contributed by atoms with Crippen LogP contribution in [-0.4, -0.2) is 23.1 Å². The van der Waals surface area contributed by atoms with E-state index < -0.39 is 18.5 Å². The third kappa shape index (κ3) is 4.43. The van der Waals surface area contributed by atoms with Crippen LogP contribution < -0.4 is 5.32 Å². The predicted molar refractivity (Wildman–Crippen MR) is 110 cm³/mol. The Hall–Kier alpha value is -3.05. The van der Waals surface area contributed by atoms with Crippen molar-refractivity contribution in [3.8, 4) is 5.69 Å². The van der Waals surface area contributed by atoms with E-state index >= 15 is 0 Å². The van der Waals surface area contributed by atoms with Crippen molar-refractivity contribution < 1.29 is 14.3 Å². The standard InChI is InChI=1S/C22H21ClN2O3/c1-14-10-16(3)21(18(23)11-14)24-20(26)13-28-22(27)17-7-6-15(2)19(12-17)25-8-4-5-9-25/h4-12H,13H2,1-3H3,(H,24,26). The second-order valence-corrected chi connectivity index (χ2v) is 7.06. The Labute approximate surface area is 168 Å². The monoisotopic (exact) mass is 396 g/mol. The van der Waals surface area contributed by atoms with Crippen LogP contribution in [0.25, 0.3) is 5.69 Å². The third-order valence-electron chi connectivity index (χ3n) is 4.36. The highest BCUT2D eigenvalue weighted by molar-refractivity contribution is 6.34. The molecule has 0 bridgehead atoms. The number of esters is 1.